The fourth-order valence-corrected chi connectivity index (χ4v) is 1.92. The molecule has 0 fully saturated rings. The summed E-state index contributed by atoms with van der Waals surface area (Å²) in [6.45, 7) is 3.00. The molecule has 4 nitrogen and oxygen atoms in total. The highest BCUT2D eigenvalue weighted by Crippen LogP contribution is 2.17. The van der Waals surface area contributed by atoms with Gasteiger partial charge in [0.25, 0.3) is 0 Å². The van der Waals surface area contributed by atoms with Crippen LogP contribution < -0.4 is 20.5 Å². The Hall–Kier alpha value is -2.27. The van der Waals surface area contributed by atoms with Gasteiger partial charge in [-0.15, -0.1) is 0 Å². The Morgan fingerprint density at radius 2 is 1.71 bits per heavy atom. The van der Waals surface area contributed by atoms with E-state index in [1.165, 1.54) is 0 Å². The molecule has 0 unspecified atom stereocenters. The second kappa shape index (κ2) is 7.50. The summed E-state index contributed by atoms with van der Waals surface area (Å²) in [5.41, 5.74) is 7.36. The van der Waals surface area contributed by atoms with Gasteiger partial charge < -0.3 is 20.5 Å². The Kier molecular flexibility index (Phi) is 5.40. The Labute approximate surface area is 129 Å². The molecule has 0 spiro atoms. The highest BCUT2D eigenvalue weighted by atomic mass is 32.1. The molecule has 0 radical (unpaired) electrons. The Balaban J connectivity index is 1.76. The Morgan fingerprint density at radius 1 is 1.05 bits per heavy atom. The molecule has 0 aromatic heterocycles. The van der Waals surface area contributed by atoms with E-state index in [-0.39, 0.29) is 5.11 Å². The van der Waals surface area contributed by atoms with E-state index in [4.69, 9.17) is 27.4 Å². The number of para-hydroxylation sites is 1. The molecule has 0 atom stereocenters. The monoisotopic (exact) mass is 302 g/mol. The van der Waals surface area contributed by atoms with E-state index in [1.807, 2.05) is 55.5 Å². The minimum absolute atomic E-state index is 0.246. The fraction of sp³-hybridized carbons (Fsp3) is 0.188. The first kappa shape index (κ1) is 15.1. The Bertz CT molecular complexity index is 599. The van der Waals surface area contributed by atoms with E-state index in [9.17, 15) is 0 Å². The topological polar surface area (TPSA) is 56.5 Å². The molecule has 0 aliphatic heterocycles. The predicted molar refractivity (Wildman–Crippen MR) is 89.0 cm³/mol. The van der Waals surface area contributed by atoms with Gasteiger partial charge in [0.1, 0.15) is 24.7 Å². The lowest BCUT2D eigenvalue weighted by Crippen LogP contribution is -2.18. The number of hydrogen-bond donors (Lipinski definition) is 2. The number of nitrogens with two attached hydrogens (primary N) is 1. The van der Waals surface area contributed by atoms with Crippen molar-refractivity contribution in [1.29, 1.82) is 0 Å². The number of anilines is 1. The van der Waals surface area contributed by atoms with Gasteiger partial charge in [-0.2, -0.15) is 0 Å². The maximum atomic E-state index is 5.66. The SMILES string of the molecule is Cc1ccccc1OCCOc1ccc(NC(N)=S)cc1. The second-order valence-corrected chi connectivity index (χ2v) is 4.92. The van der Waals surface area contributed by atoms with Gasteiger partial charge in [0.15, 0.2) is 5.11 Å². The van der Waals surface area contributed by atoms with Crippen molar-refractivity contribution in [2.24, 2.45) is 5.73 Å². The van der Waals surface area contributed by atoms with Crippen molar-refractivity contribution in [2.45, 2.75) is 6.92 Å². The third-order valence-corrected chi connectivity index (χ3v) is 2.93. The molecule has 2 rings (SSSR count). The molecule has 0 heterocycles. The van der Waals surface area contributed by atoms with Crippen molar-refractivity contribution in [2.75, 3.05) is 18.5 Å². The normalized spacial score (nSPS) is 9.95. The van der Waals surface area contributed by atoms with Crippen molar-refractivity contribution in [3.05, 3.63) is 54.1 Å². The van der Waals surface area contributed by atoms with Gasteiger partial charge in [0.05, 0.1) is 0 Å². The minimum Gasteiger partial charge on any atom is -0.490 e. The summed E-state index contributed by atoms with van der Waals surface area (Å²) in [6, 6.07) is 15.3. The molecule has 0 aliphatic rings. The van der Waals surface area contributed by atoms with Crippen molar-refractivity contribution in [3.63, 3.8) is 0 Å². The lowest BCUT2D eigenvalue weighted by molar-refractivity contribution is 0.216. The standard InChI is InChI=1S/C16H18N2O2S/c1-12-4-2-3-5-15(12)20-11-10-19-14-8-6-13(7-9-14)18-16(17)21/h2-9H,10-11H2,1H3,(H3,17,18,21). The molecule has 110 valence electrons. The highest BCUT2D eigenvalue weighted by molar-refractivity contribution is 7.80. The number of benzene rings is 2. The van der Waals surface area contributed by atoms with E-state index in [0.717, 1.165) is 22.7 Å². The van der Waals surface area contributed by atoms with E-state index in [0.29, 0.717) is 13.2 Å². The summed E-state index contributed by atoms with van der Waals surface area (Å²) in [5.74, 6) is 1.66. The largest absolute Gasteiger partial charge is 0.490 e. The van der Waals surface area contributed by atoms with Crippen LogP contribution in [0.15, 0.2) is 48.5 Å². The minimum atomic E-state index is 0.246. The maximum Gasteiger partial charge on any atom is 0.168 e. The first-order valence-electron chi connectivity index (χ1n) is 6.63. The van der Waals surface area contributed by atoms with Crippen LogP contribution in [0.5, 0.6) is 11.5 Å². The number of rotatable bonds is 6. The van der Waals surface area contributed by atoms with Gasteiger partial charge in [-0.05, 0) is 55.0 Å². The third kappa shape index (κ3) is 4.96. The summed E-state index contributed by atoms with van der Waals surface area (Å²) >= 11 is 4.77. The van der Waals surface area contributed by atoms with Crippen LogP contribution in [0.1, 0.15) is 5.56 Å². The zero-order valence-corrected chi connectivity index (χ0v) is 12.7. The molecule has 3 N–H and O–H groups in total. The van der Waals surface area contributed by atoms with Gasteiger partial charge in [-0.25, -0.2) is 0 Å². The van der Waals surface area contributed by atoms with Crippen LogP contribution in [0.25, 0.3) is 0 Å². The first-order chi connectivity index (χ1) is 10.1. The third-order valence-electron chi connectivity index (χ3n) is 2.83. The van der Waals surface area contributed by atoms with Crippen molar-refractivity contribution < 1.29 is 9.47 Å². The predicted octanol–water partition coefficient (Wildman–Crippen LogP) is 3.11. The van der Waals surface area contributed by atoms with Crippen LogP contribution in [0, 0.1) is 6.92 Å². The van der Waals surface area contributed by atoms with Crippen LogP contribution >= 0.6 is 12.2 Å². The molecule has 21 heavy (non-hydrogen) atoms. The lowest BCUT2D eigenvalue weighted by atomic mass is 10.2. The second-order valence-electron chi connectivity index (χ2n) is 4.48. The summed E-state index contributed by atoms with van der Waals surface area (Å²) < 4.78 is 11.3. The van der Waals surface area contributed by atoms with Crippen LogP contribution in [0.2, 0.25) is 0 Å². The quantitative estimate of drug-likeness (QED) is 0.634. The van der Waals surface area contributed by atoms with Gasteiger partial charge >= 0.3 is 0 Å². The molecule has 0 aliphatic carbocycles. The highest BCUT2D eigenvalue weighted by Gasteiger charge is 1.99. The number of ether oxygens (including phenoxy) is 2. The van der Waals surface area contributed by atoms with E-state index in [1.54, 1.807) is 0 Å². The van der Waals surface area contributed by atoms with Crippen LogP contribution in [-0.4, -0.2) is 18.3 Å². The Morgan fingerprint density at radius 3 is 2.38 bits per heavy atom. The van der Waals surface area contributed by atoms with Crippen molar-refractivity contribution in [1.82, 2.24) is 0 Å². The molecule has 0 saturated carbocycles. The number of thiocarbonyl (C=S) groups is 1. The molecule has 0 amide bonds. The fourth-order valence-electron chi connectivity index (χ4n) is 1.81. The molecular formula is C16H18N2O2S. The van der Waals surface area contributed by atoms with E-state index >= 15 is 0 Å². The molecule has 5 heteroatoms. The summed E-state index contributed by atoms with van der Waals surface area (Å²) in [7, 11) is 0. The van der Waals surface area contributed by atoms with E-state index in [2.05, 4.69) is 5.32 Å². The van der Waals surface area contributed by atoms with Gasteiger partial charge in [0.2, 0.25) is 0 Å². The summed E-state index contributed by atoms with van der Waals surface area (Å²) in [4.78, 5) is 0. The molecule has 0 saturated heterocycles. The van der Waals surface area contributed by atoms with E-state index < -0.39 is 0 Å². The van der Waals surface area contributed by atoms with Crippen LogP contribution in [0.3, 0.4) is 0 Å². The van der Waals surface area contributed by atoms with Crippen molar-refractivity contribution >= 4 is 23.0 Å². The van der Waals surface area contributed by atoms with Crippen LogP contribution in [-0.2, 0) is 0 Å². The van der Waals surface area contributed by atoms with Gasteiger partial charge in [0, 0.05) is 5.69 Å². The smallest absolute Gasteiger partial charge is 0.168 e. The zero-order valence-electron chi connectivity index (χ0n) is 11.8. The lowest BCUT2D eigenvalue weighted by Gasteiger charge is -2.10. The summed E-state index contributed by atoms with van der Waals surface area (Å²) in [6.07, 6.45) is 0. The molecular weight excluding hydrogens is 284 g/mol. The number of nitrogens with one attached hydrogen (secondary N) is 1. The maximum absolute atomic E-state index is 5.66. The van der Waals surface area contributed by atoms with Gasteiger partial charge in [-0.3, -0.25) is 0 Å². The van der Waals surface area contributed by atoms with Crippen molar-refractivity contribution in [3.8, 4) is 11.5 Å². The molecule has 0 bridgehead atoms. The van der Waals surface area contributed by atoms with Gasteiger partial charge in [-0.1, -0.05) is 18.2 Å². The molecule has 2 aromatic carbocycles. The average molecular weight is 302 g/mol. The molecule has 2 aromatic rings. The average Bonchev–Trinajstić information content (AvgIpc) is 2.46. The summed E-state index contributed by atoms with van der Waals surface area (Å²) in [5, 5.41) is 3.10. The first-order valence-corrected chi connectivity index (χ1v) is 7.04. The van der Waals surface area contributed by atoms with Crippen LogP contribution in [0.4, 0.5) is 5.69 Å². The zero-order chi connectivity index (χ0) is 15.1. The number of aryl methyl sites for hydroxylation is 1. The number of hydrogen-bond acceptors (Lipinski definition) is 3.